The molecule has 0 aliphatic carbocycles. The van der Waals surface area contributed by atoms with E-state index in [-0.39, 0.29) is 11.9 Å². The van der Waals surface area contributed by atoms with Crippen LogP contribution in [0.25, 0.3) is 6.08 Å². The van der Waals surface area contributed by atoms with Crippen molar-refractivity contribution in [2.45, 2.75) is 12.5 Å². The average Bonchev–Trinajstić information content (AvgIpc) is 2.75. The molecule has 0 aromatic heterocycles. The van der Waals surface area contributed by atoms with Crippen molar-refractivity contribution in [3.63, 3.8) is 0 Å². The number of hydrogen-bond acceptors (Lipinski definition) is 2. The highest BCUT2D eigenvalue weighted by Crippen LogP contribution is 2.12. The van der Waals surface area contributed by atoms with Crippen LogP contribution in [0.1, 0.15) is 12.0 Å². The van der Waals surface area contributed by atoms with E-state index in [1.807, 2.05) is 30.3 Å². The highest BCUT2D eigenvalue weighted by Gasteiger charge is 2.21. The Morgan fingerprint density at radius 1 is 1.41 bits per heavy atom. The first-order valence-electron chi connectivity index (χ1n) is 5.63. The van der Waals surface area contributed by atoms with Gasteiger partial charge in [-0.3, -0.25) is 4.79 Å². The normalized spacial score (nSPS) is 20.1. The molecular weight excluding hydrogens is 280 g/mol. The molecule has 1 unspecified atom stereocenters. The Bertz CT molecular complexity index is 428. The van der Waals surface area contributed by atoms with Gasteiger partial charge in [0.2, 0.25) is 5.91 Å². The van der Waals surface area contributed by atoms with E-state index < -0.39 is 0 Å². The SMILES string of the molecule is NC1CCN(C(=O)C=Cc2ccc(Br)cc2)C1. The number of carbonyl (C=O) groups excluding carboxylic acids is 1. The fourth-order valence-electron chi connectivity index (χ4n) is 1.83. The summed E-state index contributed by atoms with van der Waals surface area (Å²) in [5.41, 5.74) is 6.78. The zero-order valence-electron chi connectivity index (χ0n) is 9.47. The molecule has 4 heteroatoms. The summed E-state index contributed by atoms with van der Waals surface area (Å²) in [5, 5.41) is 0. The van der Waals surface area contributed by atoms with Gasteiger partial charge < -0.3 is 10.6 Å². The molecule has 1 heterocycles. The Labute approximate surface area is 109 Å². The van der Waals surface area contributed by atoms with Crippen LogP contribution in [0.5, 0.6) is 0 Å². The van der Waals surface area contributed by atoms with Gasteiger partial charge in [0.05, 0.1) is 0 Å². The van der Waals surface area contributed by atoms with Gasteiger partial charge in [-0.25, -0.2) is 0 Å². The molecule has 2 N–H and O–H groups in total. The molecule has 1 aromatic carbocycles. The van der Waals surface area contributed by atoms with Crippen molar-refractivity contribution in [1.29, 1.82) is 0 Å². The highest BCUT2D eigenvalue weighted by atomic mass is 79.9. The number of likely N-dealkylation sites (tertiary alicyclic amines) is 1. The highest BCUT2D eigenvalue weighted by molar-refractivity contribution is 9.10. The number of nitrogens with zero attached hydrogens (tertiary/aromatic N) is 1. The Morgan fingerprint density at radius 3 is 2.71 bits per heavy atom. The molecule has 90 valence electrons. The number of amides is 1. The molecule has 0 spiro atoms. The van der Waals surface area contributed by atoms with Crippen LogP contribution in [0, 0.1) is 0 Å². The van der Waals surface area contributed by atoms with Crippen LogP contribution < -0.4 is 5.73 Å². The second kappa shape index (κ2) is 5.47. The Balaban J connectivity index is 1.96. The molecule has 17 heavy (non-hydrogen) atoms. The van der Waals surface area contributed by atoms with E-state index in [0.717, 1.165) is 23.0 Å². The molecule has 1 amide bonds. The van der Waals surface area contributed by atoms with E-state index in [2.05, 4.69) is 15.9 Å². The minimum absolute atomic E-state index is 0.0425. The van der Waals surface area contributed by atoms with Crippen LogP contribution in [0.4, 0.5) is 0 Å². The van der Waals surface area contributed by atoms with E-state index in [9.17, 15) is 4.79 Å². The largest absolute Gasteiger partial charge is 0.338 e. The van der Waals surface area contributed by atoms with E-state index in [1.54, 1.807) is 11.0 Å². The van der Waals surface area contributed by atoms with Gasteiger partial charge in [-0.2, -0.15) is 0 Å². The maximum Gasteiger partial charge on any atom is 0.246 e. The number of benzene rings is 1. The summed E-state index contributed by atoms with van der Waals surface area (Å²) in [6, 6.07) is 7.97. The first kappa shape index (κ1) is 12.3. The van der Waals surface area contributed by atoms with Gasteiger partial charge in [-0.15, -0.1) is 0 Å². The minimum atomic E-state index is 0.0425. The van der Waals surface area contributed by atoms with Gasteiger partial charge in [-0.05, 0) is 30.2 Å². The third kappa shape index (κ3) is 3.41. The number of nitrogens with two attached hydrogens (primary N) is 1. The van der Waals surface area contributed by atoms with Crippen LogP contribution in [0.15, 0.2) is 34.8 Å². The Kier molecular flexibility index (Phi) is 3.97. The van der Waals surface area contributed by atoms with Gasteiger partial charge in [0.25, 0.3) is 0 Å². The topological polar surface area (TPSA) is 46.3 Å². The Morgan fingerprint density at radius 2 is 2.12 bits per heavy atom. The molecule has 1 fully saturated rings. The molecule has 1 aromatic rings. The first-order valence-corrected chi connectivity index (χ1v) is 6.42. The van der Waals surface area contributed by atoms with Crippen LogP contribution in [0.3, 0.4) is 0 Å². The fourth-order valence-corrected chi connectivity index (χ4v) is 2.10. The second-order valence-electron chi connectivity index (χ2n) is 4.22. The van der Waals surface area contributed by atoms with E-state index >= 15 is 0 Å². The summed E-state index contributed by atoms with van der Waals surface area (Å²) < 4.78 is 1.03. The lowest BCUT2D eigenvalue weighted by molar-refractivity contribution is -0.124. The molecule has 0 saturated carbocycles. The van der Waals surface area contributed by atoms with E-state index in [0.29, 0.717) is 6.54 Å². The lowest BCUT2D eigenvalue weighted by Gasteiger charge is -2.12. The van der Waals surface area contributed by atoms with E-state index in [4.69, 9.17) is 5.73 Å². The molecule has 3 nitrogen and oxygen atoms in total. The third-order valence-corrected chi connectivity index (χ3v) is 3.35. The molecule has 1 aliphatic heterocycles. The van der Waals surface area contributed by atoms with Crippen molar-refractivity contribution in [1.82, 2.24) is 4.90 Å². The summed E-state index contributed by atoms with van der Waals surface area (Å²) >= 11 is 3.37. The molecule has 1 saturated heterocycles. The van der Waals surface area contributed by atoms with Crippen molar-refractivity contribution >= 4 is 27.9 Å². The van der Waals surface area contributed by atoms with Crippen molar-refractivity contribution in [2.24, 2.45) is 5.73 Å². The van der Waals surface area contributed by atoms with Crippen molar-refractivity contribution < 1.29 is 4.79 Å². The first-order chi connectivity index (χ1) is 8.15. The van der Waals surface area contributed by atoms with Crippen LogP contribution in [-0.4, -0.2) is 29.9 Å². The average molecular weight is 295 g/mol. The van der Waals surface area contributed by atoms with Crippen LogP contribution in [0.2, 0.25) is 0 Å². The second-order valence-corrected chi connectivity index (χ2v) is 5.13. The summed E-state index contributed by atoms with van der Waals surface area (Å²) in [6.45, 7) is 1.44. The number of rotatable bonds is 2. The maximum absolute atomic E-state index is 11.8. The van der Waals surface area contributed by atoms with Gasteiger partial charge >= 0.3 is 0 Å². The van der Waals surface area contributed by atoms with Gasteiger partial charge in [0.1, 0.15) is 0 Å². The van der Waals surface area contributed by atoms with Crippen LogP contribution in [-0.2, 0) is 4.79 Å². The lowest BCUT2D eigenvalue weighted by atomic mass is 10.2. The predicted molar refractivity (Wildman–Crippen MR) is 72.3 cm³/mol. The monoisotopic (exact) mass is 294 g/mol. The van der Waals surface area contributed by atoms with Crippen molar-refractivity contribution in [3.8, 4) is 0 Å². The smallest absolute Gasteiger partial charge is 0.246 e. The summed E-state index contributed by atoms with van der Waals surface area (Å²) in [4.78, 5) is 13.6. The zero-order chi connectivity index (χ0) is 12.3. The number of hydrogen-bond donors (Lipinski definition) is 1. The van der Waals surface area contributed by atoms with Crippen molar-refractivity contribution in [3.05, 3.63) is 40.4 Å². The minimum Gasteiger partial charge on any atom is -0.338 e. The molecule has 1 aliphatic rings. The van der Waals surface area contributed by atoms with Crippen molar-refractivity contribution in [2.75, 3.05) is 13.1 Å². The zero-order valence-corrected chi connectivity index (χ0v) is 11.1. The molecule has 0 radical (unpaired) electrons. The standard InChI is InChI=1S/C13H15BrN2O/c14-11-4-1-10(2-5-11)3-6-13(17)16-8-7-12(15)9-16/h1-6,12H,7-9,15H2. The third-order valence-electron chi connectivity index (χ3n) is 2.82. The molecule has 2 rings (SSSR count). The van der Waals surface area contributed by atoms with E-state index in [1.165, 1.54) is 0 Å². The van der Waals surface area contributed by atoms with Crippen LogP contribution >= 0.6 is 15.9 Å². The van der Waals surface area contributed by atoms with Gasteiger partial charge in [-0.1, -0.05) is 28.1 Å². The lowest BCUT2D eigenvalue weighted by Crippen LogP contribution is -2.30. The summed E-state index contributed by atoms with van der Waals surface area (Å²) in [7, 11) is 0. The van der Waals surface area contributed by atoms with Gasteiger partial charge in [0, 0.05) is 29.7 Å². The Hall–Kier alpha value is -1.13. The predicted octanol–water partition coefficient (Wildman–Crippen LogP) is 2.02. The quantitative estimate of drug-likeness (QED) is 0.849. The molecule has 1 atom stereocenters. The maximum atomic E-state index is 11.8. The number of carbonyl (C=O) groups is 1. The summed E-state index contributed by atoms with van der Waals surface area (Å²) in [6.07, 6.45) is 4.34. The number of halogens is 1. The summed E-state index contributed by atoms with van der Waals surface area (Å²) in [5.74, 6) is 0.0425. The molecule has 0 bridgehead atoms. The fraction of sp³-hybridized carbons (Fsp3) is 0.308. The molecular formula is C13H15BrN2O. The van der Waals surface area contributed by atoms with Gasteiger partial charge in [0.15, 0.2) is 0 Å².